The van der Waals surface area contributed by atoms with E-state index in [2.05, 4.69) is 9.73 Å². The Hall–Kier alpha value is -1.52. The van der Waals surface area contributed by atoms with Gasteiger partial charge >= 0.3 is 5.97 Å². The molecule has 0 aromatic heterocycles. The van der Waals surface area contributed by atoms with E-state index in [0.29, 0.717) is 0 Å². The minimum Gasteiger partial charge on any atom is -0.462 e. The first kappa shape index (κ1) is 12.5. The lowest BCUT2D eigenvalue weighted by atomic mass is 10.1. The Morgan fingerprint density at radius 3 is 2.36 bits per heavy atom. The van der Waals surface area contributed by atoms with Crippen molar-refractivity contribution in [3.63, 3.8) is 0 Å². The Labute approximate surface area is 82.7 Å². The molecular formula is C9H14N2O3. The zero-order valence-corrected chi connectivity index (χ0v) is 8.59. The highest BCUT2D eigenvalue weighted by atomic mass is 16.5. The molecule has 78 valence electrons. The SMILES string of the molecule is CCOC(=O)C(=N)CC(=NC)C(C)=O. The quantitative estimate of drug-likeness (QED) is 0.519. The molecule has 5 heteroatoms. The van der Waals surface area contributed by atoms with Gasteiger partial charge in [-0.15, -0.1) is 0 Å². The van der Waals surface area contributed by atoms with E-state index < -0.39 is 5.97 Å². The van der Waals surface area contributed by atoms with Crippen molar-refractivity contribution in [2.75, 3.05) is 13.7 Å². The molecule has 0 unspecified atom stereocenters. The molecule has 0 aliphatic heterocycles. The molecule has 14 heavy (non-hydrogen) atoms. The first-order valence-corrected chi connectivity index (χ1v) is 4.24. The summed E-state index contributed by atoms with van der Waals surface area (Å²) in [5.41, 5.74) is -0.0364. The van der Waals surface area contributed by atoms with Crippen LogP contribution >= 0.6 is 0 Å². The number of Topliss-reactive ketones (excluding diaryl/α,β-unsaturated/α-hetero) is 1. The molecule has 0 atom stereocenters. The Morgan fingerprint density at radius 1 is 1.43 bits per heavy atom. The van der Waals surface area contributed by atoms with Gasteiger partial charge in [-0.1, -0.05) is 0 Å². The van der Waals surface area contributed by atoms with Crippen molar-refractivity contribution in [3.05, 3.63) is 0 Å². The van der Waals surface area contributed by atoms with Crippen LogP contribution in [0.1, 0.15) is 20.3 Å². The third-order valence-corrected chi connectivity index (χ3v) is 1.54. The second-order valence-electron chi connectivity index (χ2n) is 2.60. The summed E-state index contributed by atoms with van der Waals surface area (Å²) in [5.74, 6) is -0.934. The zero-order valence-electron chi connectivity index (χ0n) is 8.59. The maximum atomic E-state index is 11.0. The van der Waals surface area contributed by atoms with Gasteiger partial charge in [-0.25, -0.2) is 4.79 Å². The number of nitrogens with one attached hydrogen (secondary N) is 1. The molecule has 0 bridgehead atoms. The second kappa shape index (κ2) is 6.01. The summed E-state index contributed by atoms with van der Waals surface area (Å²) < 4.78 is 4.60. The number of ketones is 1. The highest BCUT2D eigenvalue weighted by Gasteiger charge is 2.15. The minimum atomic E-state index is -0.699. The van der Waals surface area contributed by atoms with Gasteiger partial charge in [-0.05, 0) is 6.92 Å². The van der Waals surface area contributed by atoms with E-state index in [-0.39, 0.29) is 30.2 Å². The summed E-state index contributed by atoms with van der Waals surface area (Å²) >= 11 is 0. The van der Waals surface area contributed by atoms with Crippen LogP contribution in [0.15, 0.2) is 4.99 Å². The average Bonchev–Trinajstić information content (AvgIpc) is 2.13. The van der Waals surface area contributed by atoms with Gasteiger partial charge in [-0.2, -0.15) is 0 Å². The molecule has 0 saturated carbocycles. The fourth-order valence-corrected chi connectivity index (χ4v) is 0.819. The molecule has 0 rings (SSSR count). The molecule has 0 fully saturated rings. The van der Waals surface area contributed by atoms with Crippen LogP contribution in [-0.4, -0.2) is 36.8 Å². The lowest BCUT2D eigenvalue weighted by Crippen LogP contribution is -2.23. The number of rotatable bonds is 5. The number of carbonyl (C=O) groups is 2. The van der Waals surface area contributed by atoms with E-state index in [4.69, 9.17) is 5.41 Å². The van der Waals surface area contributed by atoms with Crippen LogP contribution in [-0.2, 0) is 14.3 Å². The van der Waals surface area contributed by atoms with Gasteiger partial charge in [0.05, 0.1) is 12.3 Å². The summed E-state index contributed by atoms with van der Waals surface area (Å²) in [4.78, 5) is 25.6. The summed E-state index contributed by atoms with van der Waals surface area (Å²) in [7, 11) is 1.45. The third kappa shape index (κ3) is 3.93. The predicted molar refractivity (Wildman–Crippen MR) is 53.0 cm³/mol. The Morgan fingerprint density at radius 2 is 2.00 bits per heavy atom. The molecule has 1 N–H and O–H groups in total. The Kier molecular flexibility index (Phi) is 5.36. The third-order valence-electron chi connectivity index (χ3n) is 1.54. The summed E-state index contributed by atoms with van der Waals surface area (Å²) in [6.07, 6.45) is -0.0648. The molecule has 0 aromatic carbocycles. The Balaban J connectivity index is 4.31. The van der Waals surface area contributed by atoms with Crippen LogP contribution in [0.4, 0.5) is 0 Å². The van der Waals surface area contributed by atoms with Crippen molar-refractivity contribution in [3.8, 4) is 0 Å². The maximum absolute atomic E-state index is 11.0. The first-order valence-electron chi connectivity index (χ1n) is 4.24. The van der Waals surface area contributed by atoms with Gasteiger partial charge in [0, 0.05) is 20.4 Å². The van der Waals surface area contributed by atoms with Crippen LogP contribution in [0.3, 0.4) is 0 Å². The van der Waals surface area contributed by atoms with Gasteiger partial charge in [0.2, 0.25) is 0 Å². The van der Waals surface area contributed by atoms with Crippen molar-refractivity contribution in [2.45, 2.75) is 20.3 Å². The zero-order chi connectivity index (χ0) is 11.1. The first-order chi connectivity index (χ1) is 6.52. The molecule has 5 nitrogen and oxygen atoms in total. The number of nitrogens with zero attached hydrogens (tertiary/aromatic N) is 1. The van der Waals surface area contributed by atoms with Crippen molar-refractivity contribution < 1.29 is 14.3 Å². The predicted octanol–water partition coefficient (Wildman–Crippen LogP) is 0.619. The molecule has 0 aromatic rings. The van der Waals surface area contributed by atoms with E-state index >= 15 is 0 Å². The molecule has 0 saturated heterocycles. The molecule has 0 heterocycles. The van der Waals surface area contributed by atoms with Gasteiger partial charge in [0.25, 0.3) is 0 Å². The normalized spacial score (nSPS) is 10.9. The fourth-order valence-electron chi connectivity index (χ4n) is 0.819. The van der Waals surface area contributed by atoms with E-state index in [9.17, 15) is 9.59 Å². The van der Waals surface area contributed by atoms with Gasteiger partial charge < -0.3 is 4.74 Å². The van der Waals surface area contributed by atoms with Gasteiger partial charge in [0.1, 0.15) is 5.71 Å². The van der Waals surface area contributed by atoms with Crippen LogP contribution < -0.4 is 0 Å². The van der Waals surface area contributed by atoms with E-state index in [1.54, 1.807) is 6.92 Å². The van der Waals surface area contributed by atoms with Crippen LogP contribution in [0.25, 0.3) is 0 Å². The summed E-state index contributed by atoms with van der Waals surface area (Å²) in [6, 6.07) is 0. The number of hydrogen-bond acceptors (Lipinski definition) is 5. The van der Waals surface area contributed by atoms with Crippen molar-refractivity contribution in [2.24, 2.45) is 4.99 Å². The Bertz CT molecular complexity index is 282. The highest BCUT2D eigenvalue weighted by Crippen LogP contribution is 1.94. The van der Waals surface area contributed by atoms with E-state index in [1.807, 2.05) is 0 Å². The van der Waals surface area contributed by atoms with Crippen molar-refractivity contribution in [1.29, 1.82) is 5.41 Å². The maximum Gasteiger partial charge on any atom is 0.352 e. The fraction of sp³-hybridized carbons (Fsp3) is 0.556. The number of esters is 1. The molecule has 0 spiro atoms. The molecule has 0 aliphatic carbocycles. The van der Waals surface area contributed by atoms with E-state index in [0.717, 1.165) is 0 Å². The lowest BCUT2D eigenvalue weighted by molar-refractivity contribution is -0.135. The number of carbonyl (C=O) groups excluding carboxylic acids is 2. The number of aliphatic imine (C=N–C) groups is 1. The monoisotopic (exact) mass is 198 g/mol. The molecular weight excluding hydrogens is 184 g/mol. The standard InChI is InChI=1S/C9H14N2O3/c1-4-14-9(13)7(10)5-8(11-3)6(2)12/h10H,4-5H2,1-3H3. The smallest absolute Gasteiger partial charge is 0.352 e. The number of hydrogen-bond donors (Lipinski definition) is 1. The van der Waals surface area contributed by atoms with Gasteiger partial charge in [-0.3, -0.25) is 15.2 Å². The van der Waals surface area contributed by atoms with Crippen LogP contribution in [0.5, 0.6) is 0 Å². The lowest BCUT2D eigenvalue weighted by Gasteiger charge is -2.03. The second-order valence-corrected chi connectivity index (χ2v) is 2.60. The average molecular weight is 198 g/mol. The topological polar surface area (TPSA) is 79.6 Å². The summed E-state index contributed by atoms with van der Waals surface area (Å²) in [5, 5.41) is 7.32. The molecule has 0 amide bonds. The number of ether oxygens (including phenoxy) is 1. The van der Waals surface area contributed by atoms with Crippen LogP contribution in [0, 0.1) is 5.41 Å². The van der Waals surface area contributed by atoms with Crippen molar-refractivity contribution >= 4 is 23.2 Å². The van der Waals surface area contributed by atoms with E-state index in [1.165, 1.54) is 14.0 Å². The molecule has 0 aliphatic rings. The summed E-state index contributed by atoms with van der Waals surface area (Å²) in [6.45, 7) is 3.23. The highest BCUT2D eigenvalue weighted by molar-refractivity contribution is 6.49. The van der Waals surface area contributed by atoms with Crippen molar-refractivity contribution in [1.82, 2.24) is 0 Å². The largest absolute Gasteiger partial charge is 0.462 e. The minimum absolute atomic E-state index is 0.0648. The van der Waals surface area contributed by atoms with Gasteiger partial charge in [0.15, 0.2) is 5.78 Å². The van der Waals surface area contributed by atoms with Crippen LogP contribution in [0.2, 0.25) is 0 Å². The molecule has 0 radical (unpaired) electrons.